The zero-order valence-corrected chi connectivity index (χ0v) is 10.1. The molecule has 0 aromatic heterocycles. The Morgan fingerprint density at radius 1 is 1.17 bits per heavy atom. The maximum atomic E-state index is 10.9. The predicted octanol–water partition coefficient (Wildman–Crippen LogP) is -3.08. The van der Waals surface area contributed by atoms with Gasteiger partial charge in [-0.15, -0.1) is 4.91 Å². The van der Waals surface area contributed by atoms with Gasteiger partial charge in [-0.05, 0) is 16.6 Å². The van der Waals surface area contributed by atoms with Crippen LogP contribution in [0.5, 0.6) is 0 Å². The van der Waals surface area contributed by atoms with E-state index in [4.69, 9.17) is 11.5 Å². The highest BCUT2D eigenvalue weighted by atomic mass is 35.5. The largest absolute Gasteiger partial charge is 1.00 e. The lowest BCUT2D eigenvalue weighted by Crippen LogP contribution is -3.00. The summed E-state index contributed by atoms with van der Waals surface area (Å²) in [6, 6.07) is 11.1. The van der Waals surface area contributed by atoms with Crippen LogP contribution in [0.4, 0.5) is 11.4 Å². The molecule has 0 spiro atoms. The molecule has 0 heterocycles. The van der Waals surface area contributed by atoms with Crippen LogP contribution in [0, 0.1) is 4.91 Å². The van der Waals surface area contributed by atoms with Crippen molar-refractivity contribution in [3.63, 3.8) is 0 Å². The van der Waals surface area contributed by atoms with Crippen LogP contribution >= 0.6 is 0 Å². The maximum absolute atomic E-state index is 10.9. The Balaban J connectivity index is 0.00000162. The minimum Gasteiger partial charge on any atom is -1.00 e. The lowest BCUT2D eigenvalue weighted by molar-refractivity contribution is -0.421. The van der Waals surface area contributed by atoms with Gasteiger partial charge >= 0.3 is 5.96 Å². The Hall–Kier alpha value is -2.34. The number of hydrazine groups is 1. The molecule has 2 aromatic carbocycles. The molecule has 6 N–H and O–H groups in total. The van der Waals surface area contributed by atoms with Crippen LogP contribution in [0.2, 0.25) is 0 Å². The van der Waals surface area contributed by atoms with Crippen molar-refractivity contribution in [3.05, 3.63) is 41.3 Å². The molecule has 0 saturated carbocycles. The summed E-state index contributed by atoms with van der Waals surface area (Å²) in [6.07, 6.45) is 0. The van der Waals surface area contributed by atoms with Gasteiger partial charge in [0, 0.05) is 5.39 Å². The summed E-state index contributed by atoms with van der Waals surface area (Å²) in [5.74, 6) is 0.00927. The zero-order valence-electron chi connectivity index (χ0n) is 9.35. The lowest BCUT2D eigenvalue weighted by Gasteiger charge is -2.05. The van der Waals surface area contributed by atoms with Crippen molar-refractivity contribution >= 4 is 28.1 Å². The SMILES string of the molecule is NC(N)=[NH+]Nc1ccc2ccccc2c1N=O.[Cl-]. The van der Waals surface area contributed by atoms with E-state index in [9.17, 15) is 4.91 Å². The molecular formula is C11H12ClN5O. The summed E-state index contributed by atoms with van der Waals surface area (Å²) in [4.78, 5) is 10.9. The van der Waals surface area contributed by atoms with E-state index in [1.54, 1.807) is 6.07 Å². The third-order valence-corrected chi connectivity index (χ3v) is 2.33. The quantitative estimate of drug-likeness (QED) is 0.204. The van der Waals surface area contributed by atoms with Crippen LogP contribution in [0.3, 0.4) is 0 Å². The Morgan fingerprint density at radius 3 is 2.56 bits per heavy atom. The van der Waals surface area contributed by atoms with Crippen molar-refractivity contribution in [2.75, 3.05) is 5.43 Å². The first kappa shape index (κ1) is 13.7. The number of anilines is 1. The average Bonchev–Trinajstić information content (AvgIpc) is 2.35. The van der Waals surface area contributed by atoms with Crippen molar-refractivity contribution < 1.29 is 17.5 Å². The van der Waals surface area contributed by atoms with E-state index >= 15 is 0 Å². The van der Waals surface area contributed by atoms with Crippen molar-refractivity contribution in [1.29, 1.82) is 0 Å². The normalized spacial score (nSPS) is 9.33. The fourth-order valence-electron chi connectivity index (χ4n) is 1.59. The average molecular weight is 266 g/mol. The van der Waals surface area contributed by atoms with E-state index in [1.165, 1.54) is 0 Å². The molecule has 0 unspecified atom stereocenters. The van der Waals surface area contributed by atoms with Crippen LogP contribution in [-0.4, -0.2) is 5.96 Å². The number of benzene rings is 2. The number of hydrogen-bond acceptors (Lipinski definition) is 3. The van der Waals surface area contributed by atoms with Gasteiger partial charge in [0.15, 0.2) is 0 Å². The van der Waals surface area contributed by atoms with Crippen LogP contribution in [-0.2, 0) is 0 Å². The van der Waals surface area contributed by atoms with Crippen LogP contribution in [0.25, 0.3) is 10.8 Å². The summed E-state index contributed by atoms with van der Waals surface area (Å²) < 4.78 is 0. The van der Waals surface area contributed by atoms with Crippen molar-refractivity contribution in [3.8, 4) is 0 Å². The lowest BCUT2D eigenvalue weighted by atomic mass is 10.1. The molecule has 2 rings (SSSR count). The van der Waals surface area contributed by atoms with Crippen LogP contribution < -0.4 is 34.4 Å². The van der Waals surface area contributed by atoms with E-state index in [0.717, 1.165) is 10.8 Å². The van der Waals surface area contributed by atoms with E-state index < -0.39 is 0 Å². The molecule has 0 aliphatic carbocycles. The van der Waals surface area contributed by atoms with Gasteiger partial charge in [0.25, 0.3) is 0 Å². The predicted molar refractivity (Wildman–Crippen MR) is 67.4 cm³/mol. The number of nitrogens with two attached hydrogens (primary N) is 2. The van der Waals surface area contributed by atoms with Gasteiger partial charge in [-0.2, -0.15) is 5.10 Å². The summed E-state index contributed by atoms with van der Waals surface area (Å²) in [7, 11) is 0. The standard InChI is InChI=1S/C11H11N5O.ClH/c12-11(13)15-14-9-6-5-7-3-1-2-4-8(7)10(9)16-17;/h1-6,14H,(H4,12,13,15);1H. The third kappa shape index (κ3) is 2.67. The summed E-state index contributed by atoms with van der Waals surface area (Å²) in [5, 5.41) is 7.27. The van der Waals surface area contributed by atoms with Gasteiger partial charge in [0.05, 0.1) is 5.69 Å². The number of nitroso groups, excluding NO2 is 1. The molecule has 94 valence electrons. The first-order valence-electron chi connectivity index (χ1n) is 4.97. The van der Waals surface area contributed by atoms with E-state index in [2.05, 4.69) is 15.7 Å². The Morgan fingerprint density at radius 2 is 1.89 bits per heavy atom. The minimum absolute atomic E-state index is 0. The number of nitrogens with zero attached hydrogens (tertiary/aromatic N) is 1. The number of hydrogen-bond donors (Lipinski definition) is 4. The van der Waals surface area contributed by atoms with Gasteiger partial charge in [-0.3, -0.25) is 11.5 Å². The Bertz CT molecular complexity index is 595. The van der Waals surface area contributed by atoms with Gasteiger partial charge < -0.3 is 12.4 Å². The molecule has 0 atom stereocenters. The second-order valence-corrected chi connectivity index (χ2v) is 3.48. The summed E-state index contributed by atoms with van der Waals surface area (Å²) in [5.41, 5.74) is 14.1. The third-order valence-electron chi connectivity index (χ3n) is 2.33. The van der Waals surface area contributed by atoms with Gasteiger partial charge in [0.1, 0.15) is 5.69 Å². The molecule has 0 amide bonds. The Labute approximate surface area is 109 Å². The van der Waals surface area contributed by atoms with E-state index in [0.29, 0.717) is 11.4 Å². The molecule has 18 heavy (non-hydrogen) atoms. The van der Waals surface area contributed by atoms with Crippen molar-refractivity contribution in [2.24, 2.45) is 16.6 Å². The van der Waals surface area contributed by atoms with Crippen LogP contribution in [0.1, 0.15) is 0 Å². The van der Waals surface area contributed by atoms with E-state index in [-0.39, 0.29) is 18.4 Å². The molecule has 6 nitrogen and oxygen atoms in total. The topological polar surface area (TPSA) is 107 Å². The summed E-state index contributed by atoms with van der Waals surface area (Å²) >= 11 is 0. The fraction of sp³-hybridized carbons (Fsp3) is 0. The highest BCUT2D eigenvalue weighted by Gasteiger charge is 2.07. The zero-order chi connectivity index (χ0) is 12.3. The van der Waals surface area contributed by atoms with Gasteiger partial charge in [-0.25, -0.2) is 5.43 Å². The molecule has 0 bridgehead atoms. The van der Waals surface area contributed by atoms with Crippen LogP contribution in [0.15, 0.2) is 41.6 Å². The minimum atomic E-state index is 0. The molecule has 0 radical (unpaired) electrons. The number of halogens is 1. The number of hydrazone groups is 1. The first-order chi connectivity index (χ1) is 8.22. The molecule has 2 aromatic rings. The van der Waals surface area contributed by atoms with Crippen molar-refractivity contribution in [1.82, 2.24) is 0 Å². The first-order valence-corrected chi connectivity index (χ1v) is 4.97. The number of fused-ring (bicyclic) bond motifs is 1. The van der Waals surface area contributed by atoms with Gasteiger partial charge in [0.2, 0.25) is 0 Å². The second-order valence-electron chi connectivity index (χ2n) is 3.48. The number of rotatable bonds is 3. The van der Waals surface area contributed by atoms with Crippen molar-refractivity contribution in [2.45, 2.75) is 0 Å². The molecule has 0 aliphatic heterocycles. The number of nitrogens with one attached hydrogen (secondary N) is 2. The Kier molecular flexibility index (Phi) is 4.45. The maximum Gasteiger partial charge on any atom is 0.360 e. The molecule has 7 heteroatoms. The molecular weight excluding hydrogens is 254 g/mol. The highest BCUT2D eigenvalue weighted by molar-refractivity contribution is 5.98. The smallest absolute Gasteiger partial charge is 0.360 e. The second kappa shape index (κ2) is 5.83. The molecule has 0 saturated heterocycles. The summed E-state index contributed by atoms with van der Waals surface area (Å²) in [6.45, 7) is 0. The number of guanidine groups is 1. The van der Waals surface area contributed by atoms with E-state index in [1.807, 2.05) is 30.3 Å². The van der Waals surface area contributed by atoms with Gasteiger partial charge in [-0.1, -0.05) is 30.3 Å². The fourth-order valence-corrected chi connectivity index (χ4v) is 1.59. The highest BCUT2D eigenvalue weighted by Crippen LogP contribution is 2.32. The molecule has 0 fully saturated rings. The monoisotopic (exact) mass is 265 g/mol. The molecule has 0 aliphatic rings.